The van der Waals surface area contributed by atoms with Crippen LogP contribution in [0.4, 0.5) is 4.79 Å². The molecule has 30 heavy (non-hydrogen) atoms. The van der Waals surface area contributed by atoms with Crippen LogP contribution in [-0.2, 0) is 17.8 Å². The lowest BCUT2D eigenvalue weighted by molar-refractivity contribution is -0.122. The molecule has 6 nitrogen and oxygen atoms in total. The Hall–Kier alpha value is -3.80. The zero-order chi connectivity index (χ0) is 21.5. The van der Waals surface area contributed by atoms with Crippen LogP contribution in [0, 0.1) is 0 Å². The van der Waals surface area contributed by atoms with E-state index < -0.39 is 11.9 Å². The van der Waals surface area contributed by atoms with Crippen LogP contribution in [0.2, 0.25) is 0 Å². The second-order valence-electron chi connectivity index (χ2n) is 6.67. The van der Waals surface area contributed by atoms with Crippen molar-refractivity contribution in [2.24, 2.45) is 0 Å². The summed E-state index contributed by atoms with van der Waals surface area (Å²) in [6.07, 6.45) is 5.46. The largest absolute Gasteiger partial charge is 0.493 e. The van der Waals surface area contributed by atoms with Gasteiger partial charge in [0.05, 0.1) is 7.11 Å². The fourth-order valence-corrected chi connectivity index (χ4v) is 3.15. The Balaban J connectivity index is 1.92. The molecule has 3 rings (SSSR count). The summed E-state index contributed by atoms with van der Waals surface area (Å²) in [5.74, 6) is 0.767. The summed E-state index contributed by atoms with van der Waals surface area (Å²) in [6.45, 7) is 7.94. The Morgan fingerprint density at radius 3 is 2.53 bits per heavy atom. The van der Waals surface area contributed by atoms with E-state index in [4.69, 9.17) is 9.47 Å². The monoisotopic (exact) mass is 404 g/mol. The Morgan fingerprint density at radius 2 is 1.87 bits per heavy atom. The number of allylic oxidation sites excluding steroid dienone is 1. The minimum Gasteiger partial charge on any atom is -0.493 e. The molecule has 1 heterocycles. The number of hydrogen-bond acceptors (Lipinski definition) is 4. The molecule has 154 valence electrons. The molecule has 2 aromatic rings. The fourth-order valence-electron chi connectivity index (χ4n) is 3.15. The molecule has 1 saturated heterocycles. The predicted octanol–water partition coefficient (Wildman–Crippen LogP) is 4.08. The number of imide groups is 1. The highest BCUT2D eigenvalue weighted by molar-refractivity contribution is 6.14. The van der Waals surface area contributed by atoms with E-state index >= 15 is 0 Å². The molecule has 0 unspecified atom stereocenters. The molecular formula is C24H24N2O4. The Morgan fingerprint density at radius 1 is 1.10 bits per heavy atom. The molecule has 0 atom stereocenters. The van der Waals surface area contributed by atoms with E-state index in [0.29, 0.717) is 30.1 Å². The van der Waals surface area contributed by atoms with Gasteiger partial charge in [-0.1, -0.05) is 42.5 Å². The summed E-state index contributed by atoms with van der Waals surface area (Å²) >= 11 is 0. The summed E-state index contributed by atoms with van der Waals surface area (Å²) < 4.78 is 11.6. The molecule has 0 aromatic heterocycles. The van der Waals surface area contributed by atoms with Crippen LogP contribution in [0.15, 0.2) is 73.5 Å². The number of carbonyl (C=O) groups excluding carboxylic acids is 2. The minimum absolute atomic E-state index is 0.152. The molecule has 1 aliphatic heterocycles. The van der Waals surface area contributed by atoms with Gasteiger partial charge in [0, 0.05) is 12.1 Å². The van der Waals surface area contributed by atoms with Gasteiger partial charge in [-0.15, -0.1) is 13.2 Å². The summed E-state index contributed by atoms with van der Waals surface area (Å²) in [5, 5.41) is 2.60. The van der Waals surface area contributed by atoms with Crippen LogP contribution < -0.4 is 14.8 Å². The number of hydrogen-bond donors (Lipinski definition) is 1. The molecule has 1 fully saturated rings. The first-order chi connectivity index (χ1) is 14.6. The molecule has 0 radical (unpaired) electrons. The van der Waals surface area contributed by atoms with Gasteiger partial charge >= 0.3 is 6.03 Å². The van der Waals surface area contributed by atoms with Crippen molar-refractivity contribution in [3.8, 4) is 11.5 Å². The maximum absolute atomic E-state index is 12.5. The molecular weight excluding hydrogens is 380 g/mol. The van der Waals surface area contributed by atoms with Gasteiger partial charge in [-0.3, -0.25) is 9.69 Å². The van der Waals surface area contributed by atoms with Crippen molar-refractivity contribution >= 4 is 18.0 Å². The van der Waals surface area contributed by atoms with Crippen molar-refractivity contribution in [3.05, 3.63) is 90.2 Å². The lowest BCUT2D eigenvalue weighted by atomic mass is 10.0. The second kappa shape index (κ2) is 9.60. The SMILES string of the molecule is C=CCc1cc(/C=C2/NC(=O)N(CC=C)C2=O)cc(OC)c1OCc1ccccc1. The lowest BCUT2D eigenvalue weighted by Crippen LogP contribution is -2.30. The standard InChI is InChI=1S/C24H24N2O4/c1-4-9-19-13-18(14-20-23(27)26(12-5-2)24(28)25-20)15-21(29-3)22(19)30-16-17-10-7-6-8-11-17/h4-8,10-11,13-15H,1-2,9,12,16H2,3H3,(H,25,28)/b20-14+. The number of methoxy groups -OCH3 is 1. The highest BCUT2D eigenvalue weighted by Gasteiger charge is 2.32. The van der Waals surface area contributed by atoms with Crippen molar-refractivity contribution in [2.45, 2.75) is 13.0 Å². The molecule has 0 spiro atoms. The Bertz CT molecular complexity index is 996. The molecule has 0 aliphatic carbocycles. The van der Waals surface area contributed by atoms with Crippen molar-refractivity contribution < 1.29 is 19.1 Å². The maximum Gasteiger partial charge on any atom is 0.329 e. The third-order valence-corrected chi connectivity index (χ3v) is 4.55. The van der Waals surface area contributed by atoms with Crippen LogP contribution in [0.5, 0.6) is 11.5 Å². The molecule has 1 N–H and O–H groups in total. The Kier molecular flexibility index (Phi) is 6.70. The van der Waals surface area contributed by atoms with E-state index in [-0.39, 0.29) is 12.2 Å². The summed E-state index contributed by atoms with van der Waals surface area (Å²) in [6, 6.07) is 13.0. The molecule has 6 heteroatoms. The first kappa shape index (κ1) is 20.9. The molecule has 1 aliphatic rings. The molecule has 2 aromatic carbocycles. The van der Waals surface area contributed by atoms with E-state index in [2.05, 4.69) is 18.5 Å². The summed E-state index contributed by atoms with van der Waals surface area (Å²) in [5.41, 5.74) is 2.81. The topological polar surface area (TPSA) is 67.9 Å². The van der Waals surface area contributed by atoms with E-state index in [0.717, 1.165) is 16.0 Å². The van der Waals surface area contributed by atoms with Crippen LogP contribution in [0.1, 0.15) is 16.7 Å². The van der Waals surface area contributed by atoms with Crippen LogP contribution >= 0.6 is 0 Å². The van der Waals surface area contributed by atoms with E-state index in [1.54, 1.807) is 25.3 Å². The van der Waals surface area contributed by atoms with Crippen molar-refractivity contribution in [1.29, 1.82) is 0 Å². The van der Waals surface area contributed by atoms with E-state index in [1.807, 2.05) is 36.4 Å². The van der Waals surface area contributed by atoms with Gasteiger partial charge in [-0.25, -0.2) is 4.79 Å². The first-order valence-corrected chi connectivity index (χ1v) is 9.51. The number of nitrogens with one attached hydrogen (secondary N) is 1. The zero-order valence-electron chi connectivity index (χ0n) is 16.9. The van der Waals surface area contributed by atoms with Gasteiger partial charge < -0.3 is 14.8 Å². The fraction of sp³-hybridized carbons (Fsp3) is 0.167. The molecule has 0 bridgehead atoms. The number of benzene rings is 2. The van der Waals surface area contributed by atoms with Gasteiger partial charge in [-0.05, 0) is 35.8 Å². The third kappa shape index (κ3) is 4.60. The van der Waals surface area contributed by atoms with Gasteiger partial charge in [0.1, 0.15) is 12.3 Å². The number of nitrogens with zero attached hydrogens (tertiary/aromatic N) is 1. The maximum atomic E-state index is 12.5. The minimum atomic E-state index is -0.466. The lowest BCUT2D eigenvalue weighted by Gasteiger charge is -2.16. The zero-order valence-corrected chi connectivity index (χ0v) is 16.9. The number of amides is 3. The highest BCUT2D eigenvalue weighted by Crippen LogP contribution is 2.35. The van der Waals surface area contributed by atoms with Gasteiger partial charge in [0.2, 0.25) is 0 Å². The summed E-state index contributed by atoms with van der Waals surface area (Å²) in [4.78, 5) is 25.5. The third-order valence-electron chi connectivity index (χ3n) is 4.55. The quantitative estimate of drug-likeness (QED) is 0.388. The first-order valence-electron chi connectivity index (χ1n) is 9.51. The number of carbonyl (C=O) groups is 2. The van der Waals surface area contributed by atoms with Gasteiger partial charge in [0.25, 0.3) is 5.91 Å². The smallest absolute Gasteiger partial charge is 0.329 e. The summed E-state index contributed by atoms with van der Waals surface area (Å²) in [7, 11) is 1.56. The number of urea groups is 1. The number of rotatable bonds is 9. The van der Waals surface area contributed by atoms with Gasteiger partial charge in [0.15, 0.2) is 11.5 Å². The Labute approximate surface area is 176 Å². The second-order valence-corrected chi connectivity index (χ2v) is 6.67. The normalized spacial score (nSPS) is 14.6. The van der Waals surface area contributed by atoms with Crippen molar-refractivity contribution in [2.75, 3.05) is 13.7 Å². The van der Waals surface area contributed by atoms with E-state index in [9.17, 15) is 9.59 Å². The van der Waals surface area contributed by atoms with E-state index in [1.165, 1.54) is 6.08 Å². The van der Waals surface area contributed by atoms with Gasteiger partial charge in [-0.2, -0.15) is 0 Å². The highest BCUT2D eigenvalue weighted by atomic mass is 16.5. The molecule has 0 saturated carbocycles. The average Bonchev–Trinajstić information content (AvgIpc) is 3.01. The molecule has 3 amide bonds. The average molecular weight is 404 g/mol. The van der Waals surface area contributed by atoms with Crippen molar-refractivity contribution in [1.82, 2.24) is 10.2 Å². The van der Waals surface area contributed by atoms with Crippen LogP contribution in [-0.4, -0.2) is 30.5 Å². The van der Waals surface area contributed by atoms with Crippen molar-refractivity contribution in [3.63, 3.8) is 0 Å². The predicted molar refractivity (Wildman–Crippen MR) is 116 cm³/mol. The number of ether oxygens (including phenoxy) is 2. The van der Waals surface area contributed by atoms with Crippen LogP contribution in [0.3, 0.4) is 0 Å². The van der Waals surface area contributed by atoms with Crippen LogP contribution in [0.25, 0.3) is 6.08 Å².